The molecule has 10 atom stereocenters. The van der Waals surface area contributed by atoms with Crippen LogP contribution in [0.25, 0.3) is 0 Å². The number of rotatable bonds is 5. The summed E-state index contributed by atoms with van der Waals surface area (Å²) in [6, 6.07) is 7.39. The van der Waals surface area contributed by atoms with Crippen molar-refractivity contribution in [3.05, 3.63) is 41.0 Å². The van der Waals surface area contributed by atoms with Crippen molar-refractivity contribution in [3.63, 3.8) is 0 Å². The zero-order valence-electron chi connectivity index (χ0n) is 24.0. The summed E-state index contributed by atoms with van der Waals surface area (Å²) in [5.74, 6) is 0.825. The monoisotopic (exact) mass is 604 g/mol. The van der Waals surface area contributed by atoms with Crippen LogP contribution in [-0.4, -0.2) is 99.9 Å². The smallest absolute Gasteiger partial charge is 0.231 e. The van der Waals surface area contributed by atoms with Crippen molar-refractivity contribution in [3.8, 4) is 28.7 Å². The van der Waals surface area contributed by atoms with E-state index >= 15 is 0 Å². The molecule has 3 fully saturated rings. The Labute approximate surface area is 248 Å². The number of phenols is 1. The molecule has 3 saturated heterocycles. The van der Waals surface area contributed by atoms with E-state index in [2.05, 4.69) is 0 Å². The predicted octanol–water partition coefficient (Wildman–Crippen LogP) is 1.79. The minimum Gasteiger partial charge on any atom is -0.502 e. The molecular formula is C30H36O13. The molecule has 1 aliphatic carbocycles. The van der Waals surface area contributed by atoms with Crippen molar-refractivity contribution >= 4 is 0 Å². The van der Waals surface area contributed by atoms with Crippen molar-refractivity contribution < 1.29 is 62.7 Å². The molecule has 7 rings (SSSR count). The number of aliphatic hydroxyl groups is 2. The van der Waals surface area contributed by atoms with Gasteiger partial charge in [0.05, 0.1) is 40.1 Å². The maximum Gasteiger partial charge on any atom is 0.231 e. The molecule has 234 valence electrons. The third-order valence-corrected chi connectivity index (χ3v) is 9.00. The van der Waals surface area contributed by atoms with Gasteiger partial charge in [-0.25, -0.2) is 0 Å². The van der Waals surface area contributed by atoms with E-state index in [1.165, 1.54) is 14.2 Å². The third-order valence-electron chi connectivity index (χ3n) is 9.00. The fraction of sp³-hybridized carbons (Fsp3) is 0.600. The number of ether oxygens (including phenoxy) is 10. The molecular weight excluding hydrogens is 568 g/mol. The molecule has 5 aliphatic rings. The van der Waals surface area contributed by atoms with Gasteiger partial charge in [0.15, 0.2) is 35.6 Å². The molecule has 4 heterocycles. The highest BCUT2D eigenvalue weighted by molar-refractivity contribution is 5.58. The summed E-state index contributed by atoms with van der Waals surface area (Å²) in [4.78, 5) is 0. The summed E-state index contributed by atoms with van der Waals surface area (Å²) in [6.45, 7) is 2.71. The second-order valence-corrected chi connectivity index (χ2v) is 11.4. The Morgan fingerprint density at radius 1 is 0.791 bits per heavy atom. The molecule has 43 heavy (non-hydrogen) atoms. The summed E-state index contributed by atoms with van der Waals surface area (Å²) >= 11 is 0. The van der Waals surface area contributed by atoms with Crippen LogP contribution in [0.15, 0.2) is 24.3 Å². The molecule has 0 spiro atoms. The number of methoxy groups -OCH3 is 2. The quantitative estimate of drug-likeness (QED) is 0.455. The van der Waals surface area contributed by atoms with Gasteiger partial charge in [-0.05, 0) is 47.9 Å². The number of aliphatic hydroxyl groups excluding tert-OH is 2. The molecule has 0 amide bonds. The fourth-order valence-electron chi connectivity index (χ4n) is 6.93. The maximum atomic E-state index is 11.1. The highest BCUT2D eigenvalue weighted by atomic mass is 16.8. The second-order valence-electron chi connectivity index (χ2n) is 11.4. The molecule has 13 nitrogen and oxygen atoms in total. The zero-order valence-corrected chi connectivity index (χ0v) is 24.0. The van der Waals surface area contributed by atoms with Gasteiger partial charge in [-0.1, -0.05) is 0 Å². The summed E-state index contributed by atoms with van der Waals surface area (Å²) < 4.78 is 58.4. The van der Waals surface area contributed by atoms with Crippen molar-refractivity contribution in [1.29, 1.82) is 0 Å². The summed E-state index contributed by atoms with van der Waals surface area (Å²) in [5.41, 5.74) is 2.48. The van der Waals surface area contributed by atoms with Crippen LogP contribution >= 0.6 is 0 Å². The second kappa shape index (κ2) is 11.6. The van der Waals surface area contributed by atoms with Crippen LogP contribution in [0.2, 0.25) is 0 Å². The summed E-state index contributed by atoms with van der Waals surface area (Å²) in [5, 5.41) is 32.8. The number of phenolic OH excluding ortho intramolecular Hbond substituents is 1. The van der Waals surface area contributed by atoms with E-state index in [0.717, 1.165) is 16.7 Å². The first kappa shape index (κ1) is 28.9. The van der Waals surface area contributed by atoms with Gasteiger partial charge in [0.2, 0.25) is 12.5 Å². The largest absolute Gasteiger partial charge is 0.502 e. The van der Waals surface area contributed by atoms with Gasteiger partial charge in [-0.15, -0.1) is 0 Å². The molecule has 0 saturated carbocycles. The Kier molecular flexibility index (Phi) is 7.76. The Bertz CT molecular complexity index is 1310. The molecule has 0 bridgehead atoms. The lowest BCUT2D eigenvalue weighted by Gasteiger charge is -2.48. The normalized spacial score (nSPS) is 36.6. The molecule has 13 heteroatoms. The van der Waals surface area contributed by atoms with E-state index in [4.69, 9.17) is 47.4 Å². The first-order chi connectivity index (χ1) is 20.9. The predicted molar refractivity (Wildman–Crippen MR) is 144 cm³/mol. The van der Waals surface area contributed by atoms with Crippen molar-refractivity contribution in [2.45, 2.75) is 55.9 Å². The highest BCUT2D eigenvalue weighted by Gasteiger charge is 2.52. The van der Waals surface area contributed by atoms with Crippen LogP contribution in [-0.2, 0) is 28.4 Å². The molecule has 3 N–H and O–H groups in total. The van der Waals surface area contributed by atoms with Gasteiger partial charge >= 0.3 is 0 Å². The van der Waals surface area contributed by atoms with Gasteiger partial charge in [0.25, 0.3) is 0 Å². The van der Waals surface area contributed by atoms with E-state index in [-0.39, 0.29) is 61.8 Å². The first-order valence-electron chi connectivity index (χ1n) is 14.4. The van der Waals surface area contributed by atoms with Gasteiger partial charge in [0, 0.05) is 17.8 Å². The van der Waals surface area contributed by atoms with Crippen LogP contribution < -0.4 is 18.9 Å². The van der Waals surface area contributed by atoms with Crippen molar-refractivity contribution in [2.24, 2.45) is 11.8 Å². The number of fused-ring (bicyclic) bond motifs is 4. The van der Waals surface area contributed by atoms with Crippen LogP contribution in [0.5, 0.6) is 28.7 Å². The summed E-state index contributed by atoms with van der Waals surface area (Å²) in [7, 11) is 2.97. The number of aromatic hydroxyl groups is 1. The molecule has 9 unspecified atom stereocenters. The first-order valence-corrected chi connectivity index (χ1v) is 14.4. The van der Waals surface area contributed by atoms with Gasteiger partial charge < -0.3 is 62.7 Å². The average molecular weight is 605 g/mol. The van der Waals surface area contributed by atoms with Crippen LogP contribution in [0.1, 0.15) is 35.6 Å². The number of hydrogen-bond acceptors (Lipinski definition) is 13. The lowest BCUT2D eigenvalue weighted by molar-refractivity contribution is -0.365. The standard InChI is InChI=1S/C30H36O13/c1-13-38-10-23-29(41-13)26(32)27(33)30(42-23)43-28-16-7-20-19(39-12-40-20)6-15(16)24(17-8-36-11-37-9-18(17)28)14-4-21(34-2)25(31)22(5-14)35-3/h4-7,13,17-18,23-24,26-33H,8-12H2,1-3H3/t13?,17?,18?,23?,24-,26?,27?,28?,29?,30?/m1/s1. The number of hydrogen-bond donors (Lipinski definition) is 3. The lowest BCUT2D eigenvalue weighted by atomic mass is 9.65. The minimum atomic E-state index is -1.38. The summed E-state index contributed by atoms with van der Waals surface area (Å²) in [6.07, 6.45) is -6.38. The molecule has 0 aromatic heterocycles. The van der Waals surface area contributed by atoms with E-state index in [9.17, 15) is 15.3 Å². The van der Waals surface area contributed by atoms with E-state index in [0.29, 0.717) is 18.1 Å². The van der Waals surface area contributed by atoms with Gasteiger partial charge in [-0.2, -0.15) is 0 Å². The zero-order chi connectivity index (χ0) is 29.8. The SMILES string of the molecule is COc1cc([C@@H]2c3cc4c(cc3C(OC3OC5COC(C)OC5C(O)C3O)C3COCOCC32)OCO4)cc(OC)c1O. The minimum absolute atomic E-state index is 0.0759. The van der Waals surface area contributed by atoms with Crippen LogP contribution in [0.3, 0.4) is 0 Å². The Hall–Kier alpha value is -2.88. The third kappa shape index (κ3) is 4.97. The lowest BCUT2D eigenvalue weighted by Crippen LogP contribution is -2.63. The van der Waals surface area contributed by atoms with E-state index < -0.39 is 43.1 Å². The van der Waals surface area contributed by atoms with E-state index in [1.807, 2.05) is 12.1 Å². The van der Waals surface area contributed by atoms with Crippen LogP contribution in [0.4, 0.5) is 0 Å². The Morgan fingerprint density at radius 2 is 1.47 bits per heavy atom. The Morgan fingerprint density at radius 3 is 2.16 bits per heavy atom. The molecule has 2 aromatic rings. The molecule has 0 radical (unpaired) electrons. The van der Waals surface area contributed by atoms with Crippen molar-refractivity contribution in [1.82, 2.24) is 0 Å². The van der Waals surface area contributed by atoms with Crippen molar-refractivity contribution in [2.75, 3.05) is 47.6 Å². The van der Waals surface area contributed by atoms with Gasteiger partial charge in [0.1, 0.15) is 31.2 Å². The number of benzene rings is 2. The highest BCUT2D eigenvalue weighted by Crippen LogP contribution is 2.55. The molecule has 2 aromatic carbocycles. The van der Waals surface area contributed by atoms with Gasteiger partial charge in [-0.3, -0.25) is 0 Å². The van der Waals surface area contributed by atoms with Crippen LogP contribution in [0, 0.1) is 11.8 Å². The maximum absolute atomic E-state index is 11.1. The fourth-order valence-corrected chi connectivity index (χ4v) is 6.93. The topological polar surface area (TPSA) is 153 Å². The van der Waals surface area contributed by atoms with E-state index in [1.54, 1.807) is 19.1 Å². The average Bonchev–Trinajstić information content (AvgIpc) is 3.34. The Balaban J connectivity index is 1.32. The molecule has 4 aliphatic heterocycles.